The average molecular weight is 272 g/mol. The minimum Gasteiger partial charge on any atom is -0.459 e. The van der Waals surface area contributed by atoms with Crippen LogP contribution >= 0.6 is 0 Å². The summed E-state index contributed by atoms with van der Waals surface area (Å²) in [4.78, 5) is 33.4. The molecule has 2 heterocycles. The molecule has 0 amide bonds. The zero-order valence-corrected chi connectivity index (χ0v) is 10.0. The first-order chi connectivity index (χ1) is 8.90. The molecule has 1 N–H and O–H groups in total. The van der Waals surface area contributed by atoms with Crippen molar-refractivity contribution < 1.29 is 38.4 Å². The highest BCUT2D eigenvalue weighted by atomic mass is 16.8. The highest BCUT2D eigenvalue weighted by molar-refractivity contribution is 5.87. The summed E-state index contributed by atoms with van der Waals surface area (Å²) in [6.07, 6.45) is -5.65. The van der Waals surface area contributed by atoms with Gasteiger partial charge in [0.05, 0.1) is 0 Å². The molecule has 2 rings (SSSR count). The Labute approximate surface area is 107 Å². The Morgan fingerprint density at radius 3 is 2.74 bits per heavy atom. The molecular formula is C11H12O8. The quantitative estimate of drug-likeness (QED) is 0.406. The van der Waals surface area contributed by atoms with E-state index < -0.39 is 49.1 Å². The van der Waals surface area contributed by atoms with Gasteiger partial charge in [-0.25, -0.2) is 14.4 Å². The van der Waals surface area contributed by atoms with Crippen molar-refractivity contribution in [1.29, 1.82) is 0 Å². The largest absolute Gasteiger partial charge is 0.509 e. The van der Waals surface area contributed by atoms with E-state index in [4.69, 9.17) is 14.2 Å². The number of aliphatic hydroxyl groups excluding tert-OH is 1. The maximum atomic E-state index is 11.4. The van der Waals surface area contributed by atoms with E-state index >= 15 is 0 Å². The predicted octanol–water partition coefficient (Wildman–Crippen LogP) is -0.704. The van der Waals surface area contributed by atoms with Gasteiger partial charge >= 0.3 is 18.1 Å². The molecule has 19 heavy (non-hydrogen) atoms. The summed E-state index contributed by atoms with van der Waals surface area (Å²) in [7, 11) is 0. The van der Waals surface area contributed by atoms with Gasteiger partial charge in [-0.1, -0.05) is 6.58 Å². The lowest BCUT2D eigenvalue weighted by atomic mass is 10.1. The van der Waals surface area contributed by atoms with Gasteiger partial charge in [-0.05, 0) is 6.92 Å². The Morgan fingerprint density at radius 2 is 2.11 bits per heavy atom. The minimum absolute atomic E-state index is 0.170. The van der Waals surface area contributed by atoms with Gasteiger partial charge in [-0.15, -0.1) is 0 Å². The van der Waals surface area contributed by atoms with Gasteiger partial charge in [0.2, 0.25) is 6.10 Å². The van der Waals surface area contributed by atoms with E-state index in [0.29, 0.717) is 0 Å². The summed E-state index contributed by atoms with van der Waals surface area (Å²) in [5, 5.41) is 9.80. The minimum atomic E-state index is -1.32. The molecule has 4 atom stereocenters. The lowest BCUT2D eigenvalue weighted by molar-refractivity contribution is -0.156. The Morgan fingerprint density at radius 1 is 1.42 bits per heavy atom. The van der Waals surface area contributed by atoms with E-state index in [9.17, 15) is 19.5 Å². The third-order valence-electron chi connectivity index (χ3n) is 2.68. The fourth-order valence-corrected chi connectivity index (χ4v) is 1.74. The van der Waals surface area contributed by atoms with Crippen LogP contribution in [0.4, 0.5) is 4.79 Å². The maximum Gasteiger partial charge on any atom is 0.509 e. The Balaban J connectivity index is 1.94. The van der Waals surface area contributed by atoms with E-state index in [1.54, 1.807) is 0 Å². The van der Waals surface area contributed by atoms with Crippen molar-refractivity contribution in [3.05, 3.63) is 12.2 Å². The van der Waals surface area contributed by atoms with Crippen LogP contribution in [0.5, 0.6) is 0 Å². The second kappa shape index (κ2) is 4.88. The molecule has 0 aliphatic carbocycles. The molecule has 0 spiro atoms. The lowest BCUT2D eigenvalue weighted by Crippen LogP contribution is -2.40. The number of carbonyl (C=O) groups is 3. The monoisotopic (exact) mass is 272 g/mol. The van der Waals surface area contributed by atoms with Crippen LogP contribution in [0.2, 0.25) is 0 Å². The molecule has 104 valence electrons. The first-order valence-corrected chi connectivity index (χ1v) is 5.48. The number of hydrogen-bond acceptors (Lipinski definition) is 8. The SMILES string of the molecule is C=C(C)C(=O)OCC(O)C1OC(=O)C2OC(=O)OC21. The topological polar surface area (TPSA) is 108 Å². The van der Waals surface area contributed by atoms with Gasteiger partial charge in [-0.2, -0.15) is 0 Å². The average Bonchev–Trinajstić information content (AvgIpc) is 2.85. The first-order valence-electron chi connectivity index (χ1n) is 5.48. The molecule has 2 fully saturated rings. The third kappa shape index (κ3) is 2.53. The van der Waals surface area contributed by atoms with Crippen LogP contribution in [-0.2, 0) is 28.5 Å². The normalized spacial score (nSPS) is 29.9. The van der Waals surface area contributed by atoms with Crippen LogP contribution in [-0.4, -0.2) is 54.2 Å². The van der Waals surface area contributed by atoms with E-state index in [1.807, 2.05) is 0 Å². The molecule has 2 aliphatic heterocycles. The van der Waals surface area contributed by atoms with Crippen LogP contribution < -0.4 is 0 Å². The van der Waals surface area contributed by atoms with E-state index in [1.165, 1.54) is 6.92 Å². The number of hydrogen-bond donors (Lipinski definition) is 1. The summed E-state index contributed by atoms with van der Waals surface area (Å²) in [5.74, 6) is -1.48. The summed E-state index contributed by atoms with van der Waals surface area (Å²) in [6, 6.07) is 0. The summed E-state index contributed by atoms with van der Waals surface area (Å²) in [5.41, 5.74) is 0.170. The van der Waals surface area contributed by atoms with Crippen molar-refractivity contribution in [3.8, 4) is 0 Å². The molecule has 0 aromatic rings. The van der Waals surface area contributed by atoms with Gasteiger partial charge in [0.1, 0.15) is 12.7 Å². The van der Waals surface area contributed by atoms with Gasteiger partial charge in [0, 0.05) is 5.57 Å². The maximum absolute atomic E-state index is 11.4. The molecule has 2 saturated heterocycles. The Hall–Kier alpha value is -2.09. The number of carbonyl (C=O) groups excluding carboxylic acids is 3. The van der Waals surface area contributed by atoms with Gasteiger partial charge in [-0.3, -0.25) is 0 Å². The Kier molecular flexibility index (Phi) is 3.43. The number of fused-ring (bicyclic) bond motifs is 1. The van der Waals surface area contributed by atoms with Crippen LogP contribution in [0.1, 0.15) is 6.92 Å². The van der Waals surface area contributed by atoms with Crippen molar-refractivity contribution in [2.75, 3.05) is 6.61 Å². The molecule has 0 saturated carbocycles. The van der Waals surface area contributed by atoms with Crippen molar-refractivity contribution in [2.45, 2.75) is 31.3 Å². The van der Waals surface area contributed by atoms with Crippen molar-refractivity contribution >= 4 is 18.1 Å². The molecule has 0 aromatic carbocycles. The number of esters is 2. The summed E-state index contributed by atoms with van der Waals surface area (Å²) < 4.78 is 18.8. The highest BCUT2D eigenvalue weighted by Crippen LogP contribution is 2.30. The van der Waals surface area contributed by atoms with Gasteiger partial charge in [0.25, 0.3) is 0 Å². The second-order valence-electron chi connectivity index (χ2n) is 4.22. The van der Waals surface area contributed by atoms with Crippen molar-refractivity contribution in [2.24, 2.45) is 0 Å². The number of ether oxygens (including phenoxy) is 4. The Bertz CT molecular complexity index is 442. The predicted molar refractivity (Wildman–Crippen MR) is 56.8 cm³/mol. The number of cyclic esters (lactones) is 1. The molecular weight excluding hydrogens is 260 g/mol. The van der Waals surface area contributed by atoms with Crippen LogP contribution in [0.25, 0.3) is 0 Å². The fraction of sp³-hybridized carbons (Fsp3) is 0.545. The van der Waals surface area contributed by atoms with E-state index in [0.717, 1.165) is 0 Å². The second-order valence-corrected chi connectivity index (χ2v) is 4.22. The zero-order chi connectivity index (χ0) is 14.2. The van der Waals surface area contributed by atoms with Crippen LogP contribution in [0.15, 0.2) is 12.2 Å². The van der Waals surface area contributed by atoms with Crippen LogP contribution in [0, 0.1) is 0 Å². The molecule has 0 aromatic heterocycles. The first kappa shape index (κ1) is 13.3. The molecule has 0 radical (unpaired) electrons. The fourth-order valence-electron chi connectivity index (χ4n) is 1.74. The molecule has 8 heteroatoms. The molecule has 2 aliphatic rings. The summed E-state index contributed by atoms with van der Waals surface area (Å²) >= 11 is 0. The van der Waals surface area contributed by atoms with Crippen molar-refractivity contribution in [3.63, 3.8) is 0 Å². The highest BCUT2D eigenvalue weighted by Gasteiger charge is 2.57. The molecule has 8 nitrogen and oxygen atoms in total. The summed E-state index contributed by atoms with van der Waals surface area (Å²) in [6.45, 7) is 4.41. The van der Waals surface area contributed by atoms with Crippen molar-refractivity contribution in [1.82, 2.24) is 0 Å². The van der Waals surface area contributed by atoms with E-state index in [2.05, 4.69) is 11.3 Å². The molecule has 0 bridgehead atoms. The zero-order valence-electron chi connectivity index (χ0n) is 10.0. The van der Waals surface area contributed by atoms with Gasteiger partial charge in [0.15, 0.2) is 12.2 Å². The lowest BCUT2D eigenvalue weighted by Gasteiger charge is -2.19. The van der Waals surface area contributed by atoms with Crippen LogP contribution in [0.3, 0.4) is 0 Å². The number of aliphatic hydroxyl groups is 1. The number of rotatable bonds is 4. The standard InChI is InChI=1S/C11H12O8/c1-4(2)9(13)16-3-5(12)6-7-8(10(14)17-6)19-11(15)18-7/h5-8,12H,1,3H2,2H3. The smallest absolute Gasteiger partial charge is 0.459 e. The third-order valence-corrected chi connectivity index (χ3v) is 2.68. The van der Waals surface area contributed by atoms with Gasteiger partial charge < -0.3 is 24.1 Å². The molecule has 4 unspecified atom stereocenters. The van der Waals surface area contributed by atoms with E-state index in [-0.39, 0.29) is 5.57 Å².